The standard InChI is InChI=1S/C17H18FN5O/c1-11(2)24-15-8-12(3)7-14(16(15)18)21-17-20-10-23(22-17)13-5-4-6-19-9-13/h4-11H,1-3H3,(H,21,22). The quantitative estimate of drug-likeness (QED) is 0.775. The second-order valence-corrected chi connectivity index (χ2v) is 5.64. The molecular formula is C17H18FN5O. The zero-order valence-corrected chi connectivity index (χ0v) is 13.7. The molecule has 7 heteroatoms. The highest BCUT2D eigenvalue weighted by Crippen LogP contribution is 2.29. The summed E-state index contributed by atoms with van der Waals surface area (Å²) in [6.07, 6.45) is 4.77. The number of ether oxygens (including phenoxy) is 1. The molecule has 0 aliphatic carbocycles. The highest BCUT2D eigenvalue weighted by Gasteiger charge is 2.14. The van der Waals surface area contributed by atoms with E-state index in [1.54, 1.807) is 41.6 Å². The molecule has 0 atom stereocenters. The molecule has 6 nitrogen and oxygen atoms in total. The first-order valence-electron chi connectivity index (χ1n) is 7.59. The normalized spacial score (nSPS) is 10.9. The lowest BCUT2D eigenvalue weighted by Crippen LogP contribution is -2.08. The molecule has 2 heterocycles. The summed E-state index contributed by atoms with van der Waals surface area (Å²) in [4.78, 5) is 8.19. The van der Waals surface area contributed by atoms with Gasteiger partial charge in [-0.15, -0.1) is 5.10 Å². The molecule has 0 unspecified atom stereocenters. The first kappa shape index (κ1) is 15.9. The van der Waals surface area contributed by atoms with E-state index in [2.05, 4.69) is 20.4 Å². The molecule has 1 N–H and O–H groups in total. The maximum atomic E-state index is 14.6. The summed E-state index contributed by atoms with van der Waals surface area (Å²) in [5.74, 6) is 0.0325. The van der Waals surface area contributed by atoms with E-state index in [-0.39, 0.29) is 17.5 Å². The van der Waals surface area contributed by atoms with Crippen LogP contribution in [0.25, 0.3) is 5.69 Å². The van der Waals surface area contributed by atoms with Gasteiger partial charge in [-0.2, -0.15) is 4.98 Å². The van der Waals surface area contributed by atoms with Gasteiger partial charge in [0.2, 0.25) is 5.95 Å². The molecule has 0 fully saturated rings. The average molecular weight is 327 g/mol. The van der Waals surface area contributed by atoms with Gasteiger partial charge in [0.25, 0.3) is 0 Å². The van der Waals surface area contributed by atoms with Crippen LogP contribution in [0.1, 0.15) is 19.4 Å². The van der Waals surface area contributed by atoms with Gasteiger partial charge in [-0.1, -0.05) is 0 Å². The molecule has 2 aromatic heterocycles. The van der Waals surface area contributed by atoms with E-state index in [0.29, 0.717) is 5.95 Å². The highest BCUT2D eigenvalue weighted by molar-refractivity contribution is 5.59. The molecule has 24 heavy (non-hydrogen) atoms. The van der Waals surface area contributed by atoms with Gasteiger partial charge in [0, 0.05) is 6.20 Å². The molecule has 0 radical (unpaired) electrons. The predicted molar refractivity (Wildman–Crippen MR) is 89.3 cm³/mol. The Balaban J connectivity index is 1.86. The second-order valence-electron chi connectivity index (χ2n) is 5.64. The molecule has 0 saturated carbocycles. The number of aromatic nitrogens is 4. The summed E-state index contributed by atoms with van der Waals surface area (Å²) in [5, 5.41) is 7.18. The molecule has 124 valence electrons. The second kappa shape index (κ2) is 6.66. The Morgan fingerprint density at radius 1 is 1.29 bits per heavy atom. The Morgan fingerprint density at radius 2 is 2.12 bits per heavy atom. The molecule has 3 rings (SSSR count). The number of benzene rings is 1. The number of nitrogens with zero attached hydrogens (tertiary/aromatic N) is 4. The summed E-state index contributed by atoms with van der Waals surface area (Å²) in [7, 11) is 0. The van der Waals surface area contributed by atoms with E-state index >= 15 is 0 Å². The lowest BCUT2D eigenvalue weighted by molar-refractivity contribution is 0.231. The molecular weight excluding hydrogens is 309 g/mol. The first-order chi connectivity index (χ1) is 11.5. The topological polar surface area (TPSA) is 64.9 Å². The van der Waals surface area contributed by atoms with Crippen LogP contribution >= 0.6 is 0 Å². The highest BCUT2D eigenvalue weighted by atomic mass is 19.1. The van der Waals surface area contributed by atoms with Crippen molar-refractivity contribution in [1.82, 2.24) is 19.7 Å². The fourth-order valence-electron chi connectivity index (χ4n) is 2.22. The minimum absolute atomic E-state index is 0.114. The number of rotatable bonds is 5. The lowest BCUT2D eigenvalue weighted by atomic mass is 10.2. The third-order valence-corrected chi connectivity index (χ3v) is 3.20. The Kier molecular flexibility index (Phi) is 4.41. The van der Waals surface area contributed by atoms with E-state index in [4.69, 9.17) is 4.74 Å². The van der Waals surface area contributed by atoms with Crippen molar-refractivity contribution >= 4 is 11.6 Å². The Hall–Kier alpha value is -2.96. The maximum absolute atomic E-state index is 14.6. The van der Waals surface area contributed by atoms with Crippen LogP contribution < -0.4 is 10.1 Å². The van der Waals surface area contributed by atoms with Crippen LogP contribution in [0.4, 0.5) is 16.0 Å². The fraction of sp³-hybridized carbons (Fsp3) is 0.235. The van der Waals surface area contributed by atoms with E-state index in [0.717, 1.165) is 11.3 Å². The summed E-state index contributed by atoms with van der Waals surface area (Å²) < 4.78 is 21.6. The van der Waals surface area contributed by atoms with Crippen LogP contribution in [0, 0.1) is 12.7 Å². The SMILES string of the molecule is Cc1cc(Nc2ncn(-c3cccnc3)n2)c(F)c(OC(C)C)c1. The predicted octanol–water partition coefficient (Wildman–Crippen LogP) is 3.64. The van der Waals surface area contributed by atoms with Crippen molar-refractivity contribution < 1.29 is 9.13 Å². The molecule has 0 bridgehead atoms. The van der Waals surface area contributed by atoms with Gasteiger partial charge in [0.1, 0.15) is 6.33 Å². The van der Waals surface area contributed by atoms with Gasteiger partial charge in [-0.25, -0.2) is 9.07 Å². The van der Waals surface area contributed by atoms with Gasteiger partial charge in [-0.3, -0.25) is 4.98 Å². The molecule has 1 aromatic carbocycles. The summed E-state index contributed by atoms with van der Waals surface area (Å²) in [6, 6.07) is 7.02. The van der Waals surface area contributed by atoms with Gasteiger partial charge < -0.3 is 10.1 Å². The number of hydrogen-bond acceptors (Lipinski definition) is 5. The van der Waals surface area contributed by atoms with Crippen molar-refractivity contribution in [2.24, 2.45) is 0 Å². The Bertz CT molecular complexity index is 832. The molecule has 0 saturated heterocycles. The number of anilines is 2. The van der Waals surface area contributed by atoms with Crippen molar-refractivity contribution in [2.45, 2.75) is 26.9 Å². The minimum atomic E-state index is -0.466. The smallest absolute Gasteiger partial charge is 0.247 e. The van der Waals surface area contributed by atoms with Crippen LogP contribution in [0.3, 0.4) is 0 Å². The van der Waals surface area contributed by atoms with E-state index in [1.807, 2.05) is 26.8 Å². The Morgan fingerprint density at radius 3 is 2.83 bits per heavy atom. The molecule has 3 aromatic rings. The average Bonchev–Trinajstić information content (AvgIpc) is 3.01. The third-order valence-electron chi connectivity index (χ3n) is 3.20. The number of nitrogens with one attached hydrogen (secondary N) is 1. The maximum Gasteiger partial charge on any atom is 0.247 e. The van der Waals surface area contributed by atoms with Gasteiger partial charge >= 0.3 is 0 Å². The van der Waals surface area contributed by atoms with E-state index in [1.165, 1.54) is 0 Å². The number of halogens is 1. The zero-order valence-electron chi connectivity index (χ0n) is 13.7. The molecule has 0 aliphatic heterocycles. The van der Waals surface area contributed by atoms with Crippen molar-refractivity contribution in [3.8, 4) is 11.4 Å². The molecule has 0 aliphatic rings. The molecule has 0 amide bonds. The largest absolute Gasteiger partial charge is 0.488 e. The van der Waals surface area contributed by atoms with Gasteiger partial charge in [0.15, 0.2) is 11.6 Å². The van der Waals surface area contributed by atoms with Crippen molar-refractivity contribution in [1.29, 1.82) is 0 Å². The minimum Gasteiger partial charge on any atom is -0.488 e. The number of aryl methyl sites for hydroxylation is 1. The summed E-state index contributed by atoms with van der Waals surface area (Å²) in [6.45, 7) is 5.58. The van der Waals surface area contributed by atoms with Crippen molar-refractivity contribution in [2.75, 3.05) is 5.32 Å². The van der Waals surface area contributed by atoms with E-state index < -0.39 is 5.82 Å². The van der Waals surface area contributed by atoms with Crippen LogP contribution in [-0.2, 0) is 0 Å². The van der Waals surface area contributed by atoms with Crippen LogP contribution in [0.15, 0.2) is 43.0 Å². The van der Waals surface area contributed by atoms with Crippen molar-refractivity contribution in [3.05, 3.63) is 54.4 Å². The molecule has 0 spiro atoms. The zero-order chi connectivity index (χ0) is 17.1. The van der Waals surface area contributed by atoms with Crippen LogP contribution in [0.5, 0.6) is 5.75 Å². The number of hydrogen-bond donors (Lipinski definition) is 1. The van der Waals surface area contributed by atoms with Crippen LogP contribution in [-0.4, -0.2) is 25.9 Å². The first-order valence-corrected chi connectivity index (χ1v) is 7.59. The van der Waals surface area contributed by atoms with E-state index in [9.17, 15) is 4.39 Å². The van der Waals surface area contributed by atoms with Crippen molar-refractivity contribution in [3.63, 3.8) is 0 Å². The summed E-state index contributed by atoms with van der Waals surface area (Å²) in [5.41, 5.74) is 1.92. The lowest BCUT2D eigenvalue weighted by Gasteiger charge is -2.14. The summed E-state index contributed by atoms with van der Waals surface area (Å²) >= 11 is 0. The van der Waals surface area contributed by atoms with Gasteiger partial charge in [0.05, 0.1) is 23.7 Å². The number of pyridine rings is 1. The third kappa shape index (κ3) is 3.51. The van der Waals surface area contributed by atoms with Crippen LogP contribution in [0.2, 0.25) is 0 Å². The fourth-order valence-corrected chi connectivity index (χ4v) is 2.22. The Labute approximate surface area is 139 Å². The van der Waals surface area contributed by atoms with Gasteiger partial charge in [-0.05, 0) is 50.6 Å². The monoisotopic (exact) mass is 327 g/mol.